The molecule has 1 fully saturated rings. The molecule has 0 spiro atoms. The average Bonchev–Trinajstić information content (AvgIpc) is 3.71. The zero-order chi connectivity index (χ0) is 32.2. The van der Waals surface area contributed by atoms with E-state index in [1.54, 1.807) is 42.5 Å². The van der Waals surface area contributed by atoms with E-state index in [4.69, 9.17) is 0 Å². The number of hydrogen-bond donors (Lipinski definition) is 2. The van der Waals surface area contributed by atoms with Crippen molar-refractivity contribution in [2.75, 3.05) is 6.26 Å². The lowest BCUT2D eigenvalue weighted by Crippen LogP contribution is -2.35. The first kappa shape index (κ1) is 29.4. The van der Waals surface area contributed by atoms with Crippen LogP contribution in [0.3, 0.4) is 0 Å². The summed E-state index contributed by atoms with van der Waals surface area (Å²) >= 11 is 0. The van der Waals surface area contributed by atoms with Crippen LogP contribution in [-0.4, -0.2) is 41.2 Å². The summed E-state index contributed by atoms with van der Waals surface area (Å²) in [5.74, 6) is -1.72. The summed E-state index contributed by atoms with van der Waals surface area (Å²) in [4.78, 5) is 30.4. The van der Waals surface area contributed by atoms with Gasteiger partial charge in [-0.15, -0.1) is 0 Å². The molecule has 0 atom stereocenters. The van der Waals surface area contributed by atoms with Gasteiger partial charge in [-0.3, -0.25) is 9.78 Å². The van der Waals surface area contributed by atoms with Crippen LogP contribution < -0.4 is 5.32 Å². The highest BCUT2D eigenvalue weighted by molar-refractivity contribution is 7.90. The number of carbonyl (C=O) groups is 2. The predicted octanol–water partition coefficient (Wildman–Crippen LogP) is 6.56. The third-order valence-electron chi connectivity index (χ3n) is 8.53. The van der Waals surface area contributed by atoms with E-state index in [2.05, 4.69) is 10.3 Å². The number of carbonyl (C=O) groups excluding carboxylic acids is 1. The predicted molar refractivity (Wildman–Crippen MR) is 173 cm³/mol. The minimum Gasteiger partial charge on any atom is -0.478 e. The number of carboxylic acids is 1. The molecule has 0 radical (unpaired) electrons. The van der Waals surface area contributed by atoms with E-state index in [9.17, 15) is 27.5 Å². The molecule has 1 amide bonds. The number of amides is 1. The molecule has 8 nitrogen and oxygen atoms in total. The van der Waals surface area contributed by atoms with E-state index in [0.717, 1.165) is 22.6 Å². The Morgan fingerprint density at radius 2 is 1.67 bits per heavy atom. The van der Waals surface area contributed by atoms with Gasteiger partial charge in [0.25, 0.3) is 5.91 Å². The molecule has 7 rings (SSSR count). The highest BCUT2D eigenvalue weighted by Crippen LogP contribution is 2.46. The second kappa shape index (κ2) is 10.9. The normalized spacial score (nSPS) is 14.0. The smallest absolute Gasteiger partial charge is 0.335 e. The quantitative estimate of drug-likeness (QED) is 0.196. The topological polar surface area (TPSA) is 118 Å². The number of rotatable bonds is 8. The average molecular weight is 634 g/mol. The number of aromatic carboxylic acids is 1. The first-order valence-corrected chi connectivity index (χ1v) is 16.5. The lowest BCUT2D eigenvalue weighted by atomic mass is 9.98. The molecule has 1 saturated carbocycles. The fraction of sp³-hybridized carbons (Fsp3) is 0.139. The number of benzene rings is 4. The molecule has 0 saturated heterocycles. The molecule has 0 bridgehead atoms. The third-order valence-corrected chi connectivity index (χ3v) is 9.64. The lowest BCUT2D eigenvalue weighted by molar-refractivity contribution is 0.0696. The van der Waals surface area contributed by atoms with Crippen molar-refractivity contribution in [1.82, 2.24) is 14.9 Å². The van der Waals surface area contributed by atoms with Crippen LogP contribution in [0.25, 0.3) is 32.9 Å². The molecule has 1 aliphatic rings. The van der Waals surface area contributed by atoms with Crippen LogP contribution in [0.1, 0.15) is 44.8 Å². The molecule has 10 heteroatoms. The molecule has 2 N–H and O–H groups in total. The number of nitrogens with one attached hydrogen (secondary N) is 1. The monoisotopic (exact) mass is 633 g/mol. The van der Waals surface area contributed by atoms with Crippen molar-refractivity contribution >= 4 is 43.5 Å². The molecule has 0 aliphatic heterocycles. The summed E-state index contributed by atoms with van der Waals surface area (Å²) in [6, 6.07) is 26.9. The molecule has 230 valence electrons. The fourth-order valence-corrected chi connectivity index (χ4v) is 6.62. The maximum atomic E-state index is 14.2. The summed E-state index contributed by atoms with van der Waals surface area (Å²) in [5, 5.41) is 14.1. The first-order chi connectivity index (χ1) is 22.0. The zero-order valence-electron chi connectivity index (χ0n) is 24.7. The van der Waals surface area contributed by atoms with E-state index in [-0.39, 0.29) is 22.2 Å². The maximum Gasteiger partial charge on any atom is 0.335 e. The Morgan fingerprint density at radius 1 is 0.913 bits per heavy atom. The van der Waals surface area contributed by atoms with Gasteiger partial charge in [-0.1, -0.05) is 30.3 Å². The Kier molecular flexibility index (Phi) is 6.97. The van der Waals surface area contributed by atoms with Gasteiger partial charge in [-0.2, -0.15) is 0 Å². The van der Waals surface area contributed by atoms with E-state index in [1.165, 1.54) is 30.3 Å². The molecule has 4 aromatic carbocycles. The van der Waals surface area contributed by atoms with Crippen molar-refractivity contribution in [2.45, 2.75) is 29.8 Å². The van der Waals surface area contributed by atoms with Crippen LogP contribution in [0.2, 0.25) is 0 Å². The number of aromatic nitrogens is 2. The van der Waals surface area contributed by atoms with E-state index < -0.39 is 21.3 Å². The van der Waals surface area contributed by atoms with E-state index in [0.29, 0.717) is 52.8 Å². The van der Waals surface area contributed by atoms with Gasteiger partial charge in [0.05, 0.1) is 44.8 Å². The standard InChI is InChI=1S/C36H28FN3O5S/c1-46(44,45)30-4-2-3-24(18-30)26-17-25-13-16-40(21-29-12-8-22-7-11-28(37)20-32(22)38-29)33(25)31(19-26)34(41)39-36(14-15-36)27-9-5-23(6-10-27)35(42)43/h2-13,16-20H,14-15,21H2,1H3,(H,39,41)(H,42,43). The Balaban J connectivity index is 1.32. The number of halogens is 1. The minimum atomic E-state index is -3.46. The van der Waals surface area contributed by atoms with Crippen molar-refractivity contribution in [3.05, 3.63) is 131 Å². The van der Waals surface area contributed by atoms with Crippen LogP contribution in [0, 0.1) is 5.82 Å². The Bertz CT molecular complexity index is 2310. The molecule has 0 unspecified atom stereocenters. The Hall–Kier alpha value is -5.35. The number of fused-ring (bicyclic) bond motifs is 2. The van der Waals surface area contributed by atoms with Crippen LogP contribution in [0.5, 0.6) is 0 Å². The summed E-state index contributed by atoms with van der Waals surface area (Å²) in [7, 11) is -3.46. The number of nitrogens with zero attached hydrogens (tertiary/aromatic N) is 2. The van der Waals surface area contributed by atoms with Crippen molar-refractivity contribution in [2.24, 2.45) is 0 Å². The molecule has 2 aromatic heterocycles. The largest absolute Gasteiger partial charge is 0.478 e. The molecule has 46 heavy (non-hydrogen) atoms. The summed E-state index contributed by atoms with van der Waals surface area (Å²) in [5.41, 5.74) is 3.95. The van der Waals surface area contributed by atoms with Crippen LogP contribution in [-0.2, 0) is 21.9 Å². The Labute approximate surface area is 264 Å². The zero-order valence-corrected chi connectivity index (χ0v) is 25.5. The molecule has 1 aliphatic carbocycles. The van der Waals surface area contributed by atoms with Gasteiger partial charge in [-0.05, 0) is 90.2 Å². The van der Waals surface area contributed by atoms with Gasteiger partial charge >= 0.3 is 5.97 Å². The van der Waals surface area contributed by atoms with Gasteiger partial charge in [0.15, 0.2) is 9.84 Å². The second-order valence-corrected chi connectivity index (χ2v) is 13.8. The fourth-order valence-electron chi connectivity index (χ4n) is 5.95. The molecule has 2 heterocycles. The van der Waals surface area contributed by atoms with Crippen LogP contribution >= 0.6 is 0 Å². The summed E-state index contributed by atoms with van der Waals surface area (Å²) in [6.07, 6.45) is 4.42. The SMILES string of the molecule is CS(=O)(=O)c1cccc(-c2cc(C(=O)NC3(c4ccc(C(=O)O)cc4)CC3)c3c(ccn3Cc3ccc4ccc(F)cc4n3)c2)c1. The van der Waals surface area contributed by atoms with E-state index in [1.807, 2.05) is 35.0 Å². The van der Waals surface area contributed by atoms with Crippen LogP contribution in [0.4, 0.5) is 4.39 Å². The van der Waals surface area contributed by atoms with Gasteiger partial charge < -0.3 is 15.0 Å². The van der Waals surface area contributed by atoms with Gasteiger partial charge in [0, 0.05) is 29.3 Å². The number of hydrogen-bond acceptors (Lipinski definition) is 5. The lowest BCUT2D eigenvalue weighted by Gasteiger charge is -2.20. The van der Waals surface area contributed by atoms with Crippen molar-refractivity contribution in [3.63, 3.8) is 0 Å². The molecular weight excluding hydrogens is 605 g/mol. The number of carboxylic acid groups (broad SMARTS) is 1. The van der Waals surface area contributed by atoms with Crippen molar-refractivity contribution in [1.29, 1.82) is 0 Å². The van der Waals surface area contributed by atoms with Gasteiger partial charge in [0.2, 0.25) is 0 Å². The van der Waals surface area contributed by atoms with Gasteiger partial charge in [0.1, 0.15) is 5.82 Å². The number of pyridine rings is 1. The van der Waals surface area contributed by atoms with Crippen LogP contribution in [0.15, 0.2) is 108 Å². The second-order valence-electron chi connectivity index (χ2n) is 11.8. The summed E-state index contributed by atoms with van der Waals surface area (Å²) < 4.78 is 40.5. The van der Waals surface area contributed by atoms with Crippen molar-refractivity contribution in [3.8, 4) is 11.1 Å². The van der Waals surface area contributed by atoms with Gasteiger partial charge in [-0.25, -0.2) is 17.6 Å². The minimum absolute atomic E-state index is 0.166. The summed E-state index contributed by atoms with van der Waals surface area (Å²) in [6.45, 7) is 0.320. The Morgan fingerprint density at radius 3 is 2.39 bits per heavy atom. The highest BCUT2D eigenvalue weighted by atomic mass is 32.2. The highest BCUT2D eigenvalue weighted by Gasteiger charge is 2.46. The first-order valence-electron chi connectivity index (χ1n) is 14.6. The molecular formula is C36H28FN3O5S. The maximum absolute atomic E-state index is 14.2. The van der Waals surface area contributed by atoms with E-state index >= 15 is 0 Å². The van der Waals surface area contributed by atoms with Crippen molar-refractivity contribution < 1.29 is 27.5 Å². The number of sulfone groups is 1. The molecule has 6 aromatic rings. The third kappa shape index (κ3) is 5.52.